The summed E-state index contributed by atoms with van der Waals surface area (Å²) < 4.78 is 16.9. The molecule has 2 aromatic rings. The number of nitrogens with zero attached hydrogens (tertiary/aromatic N) is 1. The van der Waals surface area contributed by atoms with E-state index < -0.39 is 23.2 Å². The highest BCUT2D eigenvalue weighted by Gasteiger charge is 2.41. The minimum absolute atomic E-state index is 0.154. The average molecular weight is 589 g/mol. The Hall–Kier alpha value is -2.20. The molecule has 1 saturated heterocycles. The lowest BCUT2D eigenvalue weighted by molar-refractivity contribution is -0.150. The van der Waals surface area contributed by atoms with Gasteiger partial charge in [-0.15, -0.1) is 0 Å². The lowest BCUT2D eigenvalue weighted by atomic mass is 10.1. The molecule has 0 spiro atoms. The third kappa shape index (κ3) is 5.89. The Morgan fingerprint density at radius 2 is 1.91 bits per heavy atom. The van der Waals surface area contributed by atoms with Gasteiger partial charge < -0.3 is 14.2 Å². The highest BCUT2D eigenvalue weighted by molar-refractivity contribution is 9.10. The first-order valence-corrected chi connectivity index (χ1v) is 12.4. The Bertz CT molecular complexity index is 1170. The monoisotopic (exact) mass is 587 g/mol. The van der Waals surface area contributed by atoms with Crippen LogP contribution in [0.15, 0.2) is 39.7 Å². The van der Waals surface area contributed by atoms with Crippen molar-refractivity contribution in [3.8, 4) is 11.5 Å². The van der Waals surface area contributed by atoms with Gasteiger partial charge in [-0.2, -0.15) is 0 Å². The van der Waals surface area contributed by atoms with Crippen molar-refractivity contribution < 1.29 is 28.6 Å². The highest BCUT2D eigenvalue weighted by atomic mass is 79.9. The van der Waals surface area contributed by atoms with Crippen LogP contribution in [0.25, 0.3) is 6.08 Å². The van der Waals surface area contributed by atoms with Crippen molar-refractivity contribution >= 4 is 74.1 Å². The number of esters is 1. The van der Waals surface area contributed by atoms with Gasteiger partial charge >= 0.3 is 5.97 Å². The molecule has 0 aromatic heterocycles. The molecule has 2 amide bonds. The molecule has 1 heterocycles. The van der Waals surface area contributed by atoms with E-state index in [0.29, 0.717) is 31.6 Å². The van der Waals surface area contributed by atoms with Gasteiger partial charge in [-0.1, -0.05) is 45.2 Å². The van der Waals surface area contributed by atoms with Crippen LogP contribution in [0.5, 0.6) is 11.5 Å². The van der Waals surface area contributed by atoms with E-state index >= 15 is 0 Å². The van der Waals surface area contributed by atoms with Crippen LogP contribution < -0.4 is 9.47 Å². The van der Waals surface area contributed by atoms with Crippen LogP contribution in [-0.2, 0) is 20.9 Å². The van der Waals surface area contributed by atoms with Gasteiger partial charge in [0.05, 0.1) is 28.7 Å². The first kappa shape index (κ1) is 26.4. The zero-order chi connectivity index (χ0) is 25.0. The molecule has 0 aliphatic carbocycles. The van der Waals surface area contributed by atoms with E-state index in [0.717, 1.165) is 22.2 Å². The summed E-state index contributed by atoms with van der Waals surface area (Å²) in [4.78, 5) is 38.3. The summed E-state index contributed by atoms with van der Waals surface area (Å²) in [5, 5.41) is 0.343. The number of imide groups is 1. The molecule has 7 nitrogen and oxygen atoms in total. The predicted octanol–water partition coefficient (Wildman–Crippen LogP) is 6.33. The van der Waals surface area contributed by atoms with Crippen molar-refractivity contribution in [3.05, 3.63) is 60.9 Å². The smallest absolute Gasteiger partial charge is 0.329 e. The molecule has 1 atom stereocenters. The number of benzene rings is 2. The molecular weight excluding hydrogens is 569 g/mol. The molecule has 0 saturated carbocycles. The lowest BCUT2D eigenvalue weighted by Crippen LogP contribution is -2.42. The second-order valence-electron chi connectivity index (χ2n) is 7.04. The summed E-state index contributed by atoms with van der Waals surface area (Å²) in [6, 6.07) is 7.57. The van der Waals surface area contributed by atoms with Crippen LogP contribution in [0.4, 0.5) is 4.79 Å². The molecule has 1 fully saturated rings. The van der Waals surface area contributed by atoms with Crippen molar-refractivity contribution in [3.63, 3.8) is 0 Å². The van der Waals surface area contributed by atoms with E-state index in [9.17, 15) is 14.4 Å². The summed E-state index contributed by atoms with van der Waals surface area (Å²) in [5.41, 5.74) is 1.41. The summed E-state index contributed by atoms with van der Waals surface area (Å²) in [6.45, 7) is 3.49. The average Bonchev–Trinajstić information content (AvgIpc) is 3.08. The van der Waals surface area contributed by atoms with Crippen molar-refractivity contribution in [2.24, 2.45) is 0 Å². The minimum Gasteiger partial charge on any atom is -0.493 e. The Kier molecular flexibility index (Phi) is 8.92. The van der Waals surface area contributed by atoms with Crippen LogP contribution in [0.3, 0.4) is 0 Å². The maximum Gasteiger partial charge on any atom is 0.329 e. The fourth-order valence-corrected chi connectivity index (χ4v) is 4.70. The van der Waals surface area contributed by atoms with Gasteiger partial charge in [-0.3, -0.25) is 14.5 Å². The van der Waals surface area contributed by atoms with Crippen LogP contribution in [-0.4, -0.2) is 41.8 Å². The van der Waals surface area contributed by atoms with Gasteiger partial charge in [-0.25, -0.2) is 4.79 Å². The van der Waals surface area contributed by atoms with Crippen molar-refractivity contribution in [1.29, 1.82) is 0 Å². The largest absolute Gasteiger partial charge is 0.493 e. The molecule has 2 aromatic carbocycles. The fraction of sp³-hybridized carbons (Fsp3) is 0.261. The number of carbonyl (C=O) groups is 3. The molecule has 1 aliphatic heterocycles. The van der Waals surface area contributed by atoms with E-state index in [4.69, 9.17) is 37.4 Å². The number of ether oxygens (including phenoxy) is 3. The molecule has 3 rings (SSSR count). The molecular formula is C23H20BrCl2NO6S. The zero-order valence-corrected chi connectivity index (χ0v) is 22.3. The van der Waals surface area contributed by atoms with E-state index in [1.54, 1.807) is 43.3 Å². The minimum atomic E-state index is -1.02. The summed E-state index contributed by atoms with van der Waals surface area (Å²) in [5.74, 6) is -0.325. The van der Waals surface area contributed by atoms with Gasteiger partial charge in [0.25, 0.3) is 11.1 Å². The van der Waals surface area contributed by atoms with E-state index in [-0.39, 0.29) is 18.1 Å². The molecule has 0 bridgehead atoms. The topological polar surface area (TPSA) is 82.1 Å². The van der Waals surface area contributed by atoms with Crippen molar-refractivity contribution in [2.45, 2.75) is 26.5 Å². The summed E-state index contributed by atoms with van der Waals surface area (Å²) >= 11 is 16.2. The number of carbonyl (C=O) groups excluding carboxylic acids is 3. The van der Waals surface area contributed by atoms with Crippen LogP contribution in [0.2, 0.25) is 10.0 Å². The number of halogens is 3. The van der Waals surface area contributed by atoms with Crippen LogP contribution in [0.1, 0.15) is 25.0 Å². The predicted molar refractivity (Wildman–Crippen MR) is 135 cm³/mol. The number of rotatable bonds is 8. The lowest BCUT2D eigenvalue weighted by Gasteiger charge is -2.19. The second kappa shape index (κ2) is 11.5. The number of amides is 2. The normalized spacial score (nSPS) is 15.6. The molecule has 0 radical (unpaired) electrons. The summed E-state index contributed by atoms with van der Waals surface area (Å²) in [6.07, 6.45) is 1.55. The SMILES string of the molecule is CCOC(=O)[C@@H](C)N1C(=O)S/C(=C/c2cc(OC)c(OCc3ccc(Cl)c(Cl)c3)cc2Br)C1=O. The molecule has 180 valence electrons. The number of thioether (sulfide) groups is 1. The third-order valence-corrected chi connectivity index (χ3v) is 7.10. The highest BCUT2D eigenvalue weighted by Crippen LogP contribution is 2.39. The van der Waals surface area contributed by atoms with Crippen molar-refractivity contribution in [1.82, 2.24) is 4.90 Å². The Balaban J connectivity index is 1.82. The molecule has 1 aliphatic rings. The first-order chi connectivity index (χ1) is 16.2. The van der Waals surface area contributed by atoms with E-state index in [2.05, 4.69) is 15.9 Å². The molecule has 34 heavy (non-hydrogen) atoms. The number of hydrogen-bond donors (Lipinski definition) is 0. The molecule has 0 N–H and O–H groups in total. The van der Waals surface area contributed by atoms with Crippen LogP contribution >= 0.6 is 50.9 Å². The summed E-state index contributed by atoms with van der Waals surface area (Å²) in [7, 11) is 1.49. The van der Waals surface area contributed by atoms with Crippen molar-refractivity contribution in [2.75, 3.05) is 13.7 Å². The first-order valence-electron chi connectivity index (χ1n) is 10.0. The van der Waals surface area contributed by atoms with Crippen LogP contribution in [0, 0.1) is 0 Å². The van der Waals surface area contributed by atoms with Gasteiger partial charge in [0.15, 0.2) is 11.5 Å². The maximum atomic E-state index is 12.8. The quantitative estimate of drug-likeness (QED) is 0.263. The third-order valence-electron chi connectivity index (χ3n) is 4.79. The van der Waals surface area contributed by atoms with Gasteiger partial charge in [0, 0.05) is 4.47 Å². The second-order valence-corrected chi connectivity index (χ2v) is 9.70. The van der Waals surface area contributed by atoms with E-state index in [1.165, 1.54) is 14.0 Å². The standard InChI is InChI=1S/C23H20BrCl2NO6S/c1-4-32-22(29)12(2)27-21(28)20(34-23(27)30)9-14-8-18(31-3)19(10-15(14)24)33-11-13-5-6-16(25)17(26)7-13/h5-10,12H,4,11H2,1-3H3/b20-9+/t12-/m1/s1. The zero-order valence-electron chi connectivity index (χ0n) is 18.4. The number of hydrogen-bond acceptors (Lipinski definition) is 7. The fourth-order valence-electron chi connectivity index (χ4n) is 3.05. The Morgan fingerprint density at radius 3 is 2.56 bits per heavy atom. The maximum absolute atomic E-state index is 12.8. The van der Waals surface area contributed by atoms with Gasteiger partial charge in [0.1, 0.15) is 12.6 Å². The van der Waals surface area contributed by atoms with E-state index in [1.807, 2.05) is 0 Å². The Labute approximate surface area is 219 Å². The molecule has 0 unspecified atom stereocenters. The van der Waals surface area contributed by atoms with Gasteiger partial charge in [0.2, 0.25) is 0 Å². The molecule has 11 heteroatoms. The van der Waals surface area contributed by atoms with Gasteiger partial charge in [-0.05, 0) is 67.1 Å². The Morgan fingerprint density at radius 1 is 1.18 bits per heavy atom. The number of methoxy groups -OCH3 is 1.